The van der Waals surface area contributed by atoms with E-state index in [-0.39, 0.29) is 48.8 Å². The Kier molecular flexibility index (Phi) is 9.35. The fraction of sp³-hybridized carbons (Fsp3) is 0.500. The van der Waals surface area contributed by atoms with E-state index in [1.54, 1.807) is 14.0 Å². The van der Waals surface area contributed by atoms with Gasteiger partial charge < -0.3 is 15.4 Å². The van der Waals surface area contributed by atoms with Gasteiger partial charge in [-0.1, -0.05) is 0 Å². The van der Waals surface area contributed by atoms with E-state index in [9.17, 15) is 26.4 Å². The molecule has 0 radical (unpaired) electrons. The molecule has 7 nitrogen and oxygen atoms in total. The third kappa shape index (κ3) is 7.77. The SMILES string of the molecule is CC(CN)N(C)C(=O)CCNS(=O)(=O)c1ccc(OC(F)(F)F)cc1.Cl. The highest BCUT2D eigenvalue weighted by atomic mass is 35.5. The quantitative estimate of drug-likeness (QED) is 0.664. The van der Waals surface area contributed by atoms with Crippen LogP contribution in [0.3, 0.4) is 0 Å². The first-order chi connectivity index (χ1) is 11.5. The van der Waals surface area contributed by atoms with Gasteiger partial charge in [0, 0.05) is 32.6 Å². The molecule has 1 atom stereocenters. The lowest BCUT2D eigenvalue weighted by Crippen LogP contribution is -2.41. The molecule has 0 saturated carbocycles. The number of hydrogen-bond donors (Lipinski definition) is 2. The van der Waals surface area contributed by atoms with Crippen LogP contribution in [0.25, 0.3) is 0 Å². The largest absolute Gasteiger partial charge is 0.573 e. The summed E-state index contributed by atoms with van der Waals surface area (Å²) in [7, 11) is -2.39. The Morgan fingerprint density at radius 3 is 2.31 bits per heavy atom. The van der Waals surface area contributed by atoms with Gasteiger partial charge >= 0.3 is 6.36 Å². The minimum Gasteiger partial charge on any atom is -0.406 e. The standard InChI is InChI=1S/C14H20F3N3O4S.ClH/c1-10(9-18)20(2)13(21)7-8-19-25(22,23)12-5-3-11(4-6-12)24-14(15,16)17;/h3-6,10,19H,7-9,18H2,1-2H3;1H. The number of halogens is 4. The second-order valence-corrected chi connectivity index (χ2v) is 7.02. The fourth-order valence-electron chi connectivity index (χ4n) is 1.78. The first-order valence-electron chi connectivity index (χ1n) is 7.27. The number of nitrogens with two attached hydrogens (primary N) is 1. The van der Waals surface area contributed by atoms with E-state index < -0.39 is 22.1 Å². The second kappa shape index (κ2) is 9.95. The zero-order chi connectivity index (χ0) is 19.3. The summed E-state index contributed by atoms with van der Waals surface area (Å²) in [5, 5.41) is 0. The number of carbonyl (C=O) groups is 1. The molecule has 26 heavy (non-hydrogen) atoms. The zero-order valence-electron chi connectivity index (χ0n) is 14.1. The van der Waals surface area contributed by atoms with Crippen LogP contribution in [0.1, 0.15) is 13.3 Å². The van der Waals surface area contributed by atoms with Gasteiger partial charge in [0.15, 0.2) is 0 Å². The molecule has 0 bridgehead atoms. The van der Waals surface area contributed by atoms with Gasteiger partial charge in [-0.25, -0.2) is 13.1 Å². The van der Waals surface area contributed by atoms with Crippen molar-refractivity contribution in [3.05, 3.63) is 24.3 Å². The summed E-state index contributed by atoms with van der Waals surface area (Å²) in [5.74, 6) is -0.811. The summed E-state index contributed by atoms with van der Waals surface area (Å²) in [5.41, 5.74) is 5.45. The Hall–Kier alpha value is -1.56. The number of amides is 1. The van der Waals surface area contributed by atoms with E-state index in [0.29, 0.717) is 0 Å². The fourth-order valence-corrected chi connectivity index (χ4v) is 2.81. The average Bonchev–Trinajstić information content (AvgIpc) is 2.52. The van der Waals surface area contributed by atoms with Crippen molar-refractivity contribution in [2.24, 2.45) is 5.73 Å². The number of alkyl halides is 3. The van der Waals surface area contributed by atoms with Crippen molar-refractivity contribution in [1.29, 1.82) is 0 Å². The molecule has 0 aliphatic carbocycles. The summed E-state index contributed by atoms with van der Waals surface area (Å²) >= 11 is 0. The maximum atomic E-state index is 12.1. The van der Waals surface area contributed by atoms with Crippen molar-refractivity contribution in [1.82, 2.24) is 9.62 Å². The van der Waals surface area contributed by atoms with Crippen LogP contribution in [0.4, 0.5) is 13.2 Å². The minimum atomic E-state index is -4.86. The van der Waals surface area contributed by atoms with Gasteiger partial charge in [-0.15, -0.1) is 25.6 Å². The molecule has 0 aliphatic heterocycles. The Morgan fingerprint density at radius 2 is 1.85 bits per heavy atom. The van der Waals surface area contributed by atoms with E-state index >= 15 is 0 Å². The van der Waals surface area contributed by atoms with Gasteiger partial charge in [0.25, 0.3) is 0 Å². The molecule has 1 aromatic rings. The predicted molar refractivity (Wildman–Crippen MR) is 91.5 cm³/mol. The number of likely N-dealkylation sites (N-methyl/N-ethyl adjacent to an activating group) is 1. The normalized spacial score (nSPS) is 12.8. The van der Waals surface area contributed by atoms with Crippen molar-refractivity contribution in [2.45, 2.75) is 30.6 Å². The van der Waals surface area contributed by atoms with Crippen LogP contribution >= 0.6 is 12.4 Å². The lowest BCUT2D eigenvalue weighted by atomic mass is 10.2. The predicted octanol–water partition coefficient (Wildman–Crippen LogP) is 1.48. The maximum Gasteiger partial charge on any atom is 0.573 e. The van der Waals surface area contributed by atoms with Crippen LogP contribution in [0.15, 0.2) is 29.2 Å². The summed E-state index contributed by atoms with van der Waals surface area (Å²) in [6, 6.07) is 3.57. The van der Waals surface area contributed by atoms with Gasteiger partial charge in [-0.05, 0) is 31.2 Å². The summed E-state index contributed by atoms with van der Waals surface area (Å²) < 4.78 is 66.2. The summed E-state index contributed by atoms with van der Waals surface area (Å²) in [4.78, 5) is 13.0. The number of sulfonamides is 1. The zero-order valence-corrected chi connectivity index (χ0v) is 15.7. The molecular formula is C14H21ClF3N3O4S. The Labute approximate surface area is 156 Å². The van der Waals surface area contributed by atoms with Crippen molar-refractivity contribution in [2.75, 3.05) is 20.1 Å². The van der Waals surface area contributed by atoms with Gasteiger partial charge in [0.2, 0.25) is 15.9 Å². The smallest absolute Gasteiger partial charge is 0.406 e. The van der Waals surface area contributed by atoms with Crippen LogP contribution in [0.2, 0.25) is 0 Å². The first-order valence-corrected chi connectivity index (χ1v) is 8.76. The Balaban J connectivity index is 0.00000625. The molecule has 0 saturated heterocycles. The molecule has 1 unspecified atom stereocenters. The number of benzene rings is 1. The highest BCUT2D eigenvalue weighted by Gasteiger charge is 2.31. The monoisotopic (exact) mass is 419 g/mol. The molecular weight excluding hydrogens is 399 g/mol. The van der Waals surface area contributed by atoms with Crippen molar-refractivity contribution in [3.8, 4) is 5.75 Å². The number of nitrogens with zero attached hydrogens (tertiary/aromatic N) is 1. The van der Waals surface area contributed by atoms with E-state index in [1.165, 1.54) is 4.90 Å². The Bertz CT molecular complexity index is 684. The number of hydrogen-bond acceptors (Lipinski definition) is 5. The van der Waals surface area contributed by atoms with Crippen LogP contribution in [-0.2, 0) is 14.8 Å². The van der Waals surface area contributed by atoms with Crippen LogP contribution < -0.4 is 15.2 Å². The highest BCUT2D eigenvalue weighted by molar-refractivity contribution is 7.89. The molecule has 0 spiro atoms. The Morgan fingerprint density at radius 1 is 1.31 bits per heavy atom. The topological polar surface area (TPSA) is 102 Å². The van der Waals surface area contributed by atoms with Gasteiger partial charge in [0.1, 0.15) is 5.75 Å². The lowest BCUT2D eigenvalue weighted by molar-refractivity contribution is -0.274. The minimum absolute atomic E-state index is 0. The van der Waals surface area contributed by atoms with E-state index in [4.69, 9.17) is 5.73 Å². The molecule has 0 heterocycles. The van der Waals surface area contributed by atoms with Crippen molar-refractivity contribution >= 4 is 28.3 Å². The van der Waals surface area contributed by atoms with Crippen LogP contribution in [-0.4, -0.2) is 51.8 Å². The van der Waals surface area contributed by atoms with Crippen LogP contribution in [0, 0.1) is 0 Å². The molecule has 150 valence electrons. The molecule has 1 rings (SSSR count). The number of carbonyl (C=O) groups excluding carboxylic acids is 1. The molecule has 1 amide bonds. The lowest BCUT2D eigenvalue weighted by Gasteiger charge is -2.23. The van der Waals surface area contributed by atoms with Crippen molar-refractivity contribution < 1.29 is 31.1 Å². The number of rotatable bonds is 8. The molecule has 0 aromatic heterocycles. The third-order valence-electron chi connectivity index (χ3n) is 3.39. The van der Waals surface area contributed by atoms with Gasteiger partial charge in [-0.3, -0.25) is 4.79 Å². The molecule has 1 aromatic carbocycles. The van der Waals surface area contributed by atoms with Gasteiger partial charge in [-0.2, -0.15) is 0 Å². The average molecular weight is 420 g/mol. The molecule has 0 fully saturated rings. The van der Waals surface area contributed by atoms with E-state index in [1.807, 2.05) is 0 Å². The maximum absolute atomic E-state index is 12.1. The third-order valence-corrected chi connectivity index (χ3v) is 4.87. The first kappa shape index (κ1) is 24.4. The highest BCUT2D eigenvalue weighted by Crippen LogP contribution is 2.23. The molecule has 3 N–H and O–H groups in total. The second-order valence-electron chi connectivity index (χ2n) is 5.26. The van der Waals surface area contributed by atoms with Gasteiger partial charge in [0.05, 0.1) is 4.90 Å². The number of nitrogens with one attached hydrogen (secondary N) is 1. The summed E-state index contributed by atoms with van der Waals surface area (Å²) in [6.07, 6.45) is -4.93. The number of ether oxygens (including phenoxy) is 1. The van der Waals surface area contributed by atoms with E-state index in [0.717, 1.165) is 24.3 Å². The van der Waals surface area contributed by atoms with E-state index in [2.05, 4.69) is 9.46 Å². The molecule has 0 aliphatic rings. The summed E-state index contributed by atoms with van der Waals surface area (Å²) in [6.45, 7) is 1.89. The van der Waals surface area contributed by atoms with Crippen LogP contribution in [0.5, 0.6) is 5.75 Å². The van der Waals surface area contributed by atoms with Crippen molar-refractivity contribution in [3.63, 3.8) is 0 Å². The molecule has 12 heteroatoms.